The SMILES string of the molecule is CCC(N)Cc1ccccc1OC/C(C)=C/Cl. The summed E-state index contributed by atoms with van der Waals surface area (Å²) >= 11 is 5.60. The van der Waals surface area contributed by atoms with E-state index < -0.39 is 0 Å². The molecule has 1 atom stereocenters. The lowest BCUT2D eigenvalue weighted by Gasteiger charge is -2.14. The second-order valence-corrected chi connectivity index (χ2v) is 4.44. The Labute approximate surface area is 108 Å². The summed E-state index contributed by atoms with van der Waals surface area (Å²) in [4.78, 5) is 0. The molecule has 0 aliphatic carbocycles. The lowest BCUT2D eigenvalue weighted by atomic mass is 10.0. The fourth-order valence-corrected chi connectivity index (χ4v) is 1.53. The van der Waals surface area contributed by atoms with Gasteiger partial charge in [0.2, 0.25) is 0 Å². The Morgan fingerprint density at radius 1 is 1.47 bits per heavy atom. The van der Waals surface area contributed by atoms with Crippen LogP contribution in [0.2, 0.25) is 0 Å². The lowest BCUT2D eigenvalue weighted by Crippen LogP contribution is -2.21. The van der Waals surface area contributed by atoms with E-state index in [1.54, 1.807) is 5.54 Å². The Morgan fingerprint density at radius 3 is 2.82 bits per heavy atom. The maximum atomic E-state index is 5.97. The van der Waals surface area contributed by atoms with Crippen molar-refractivity contribution in [3.05, 3.63) is 40.9 Å². The normalized spacial score (nSPS) is 13.5. The van der Waals surface area contributed by atoms with Gasteiger partial charge in [0.15, 0.2) is 0 Å². The lowest BCUT2D eigenvalue weighted by molar-refractivity contribution is 0.347. The van der Waals surface area contributed by atoms with Crippen LogP contribution in [-0.2, 0) is 6.42 Å². The van der Waals surface area contributed by atoms with Crippen molar-refractivity contribution in [1.29, 1.82) is 0 Å². The van der Waals surface area contributed by atoms with Gasteiger partial charge in [-0.05, 0) is 37.0 Å². The van der Waals surface area contributed by atoms with Crippen LogP contribution >= 0.6 is 11.6 Å². The van der Waals surface area contributed by atoms with E-state index in [1.165, 1.54) is 0 Å². The number of para-hydroxylation sites is 1. The molecule has 3 heteroatoms. The summed E-state index contributed by atoms with van der Waals surface area (Å²) in [6, 6.07) is 8.19. The van der Waals surface area contributed by atoms with Gasteiger partial charge in [-0.25, -0.2) is 0 Å². The van der Waals surface area contributed by atoms with E-state index in [1.807, 2.05) is 25.1 Å². The highest BCUT2D eigenvalue weighted by Gasteiger charge is 2.07. The minimum Gasteiger partial charge on any atom is -0.489 e. The summed E-state index contributed by atoms with van der Waals surface area (Å²) in [5.41, 5.74) is 9.67. The Bertz CT molecular complexity index is 376. The van der Waals surface area contributed by atoms with Crippen molar-refractivity contribution in [2.75, 3.05) is 6.61 Å². The van der Waals surface area contributed by atoms with Crippen LogP contribution in [0.4, 0.5) is 0 Å². The van der Waals surface area contributed by atoms with Crippen molar-refractivity contribution >= 4 is 11.6 Å². The third kappa shape index (κ3) is 4.80. The number of benzene rings is 1. The number of hydrogen-bond acceptors (Lipinski definition) is 2. The number of halogens is 1. The first-order valence-corrected chi connectivity index (χ1v) is 6.33. The topological polar surface area (TPSA) is 35.2 Å². The quantitative estimate of drug-likeness (QED) is 0.842. The molecular weight excluding hydrogens is 234 g/mol. The minimum atomic E-state index is 0.185. The summed E-state index contributed by atoms with van der Waals surface area (Å²) in [7, 11) is 0. The summed E-state index contributed by atoms with van der Waals surface area (Å²) in [5.74, 6) is 0.897. The predicted octanol–water partition coefficient (Wildman–Crippen LogP) is 3.49. The maximum Gasteiger partial charge on any atom is 0.123 e. The summed E-state index contributed by atoms with van der Waals surface area (Å²) in [6.45, 7) is 4.55. The number of hydrogen-bond donors (Lipinski definition) is 1. The van der Waals surface area contributed by atoms with E-state index in [2.05, 4.69) is 13.0 Å². The molecule has 0 aliphatic rings. The second-order valence-electron chi connectivity index (χ2n) is 4.22. The number of ether oxygens (including phenoxy) is 1. The van der Waals surface area contributed by atoms with Gasteiger partial charge in [-0.1, -0.05) is 36.7 Å². The van der Waals surface area contributed by atoms with Crippen LogP contribution in [0.1, 0.15) is 25.8 Å². The molecular formula is C14H20ClNO. The van der Waals surface area contributed by atoms with Crippen molar-refractivity contribution < 1.29 is 4.74 Å². The highest BCUT2D eigenvalue weighted by Crippen LogP contribution is 2.20. The molecule has 2 nitrogen and oxygen atoms in total. The molecule has 17 heavy (non-hydrogen) atoms. The molecule has 0 amide bonds. The summed E-state index contributed by atoms with van der Waals surface area (Å²) < 4.78 is 5.73. The Hall–Kier alpha value is -0.990. The number of rotatable bonds is 6. The molecule has 0 radical (unpaired) electrons. The smallest absolute Gasteiger partial charge is 0.123 e. The van der Waals surface area contributed by atoms with Crippen LogP contribution < -0.4 is 10.5 Å². The van der Waals surface area contributed by atoms with Gasteiger partial charge in [0.05, 0.1) is 0 Å². The maximum absolute atomic E-state index is 5.97. The van der Waals surface area contributed by atoms with E-state index in [9.17, 15) is 0 Å². The average Bonchev–Trinajstić information content (AvgIpc) is 2.37. The second kappa shape index (κ2) is 7.36. The summed E-state index contributed by atoms with van der Waals surface area (Å²) in [6.07, 6.45) is 1.81. The standard InChI is InChI=1S/C14H20ClNO/c1-3-13(16)8-12-6-4-5-7-14(12)17-10-11(2)9-15/h4-7,9,13H,3,8,10,16H2,1-2H3/b11-9+. The Balaban J connectivity index is 2.70. The zero-order valence-electron chi connectivity index (χ0n) is 10.4. The van der Waals surface area contributed by atoms with Crippen LogP contribution in [-0.4, -0.2) is 12.6 Å². The molecule has 2 N–H and O–H groups in total. The largest absolute Gasteiger partial charge is 0.489 e. The van der Waals surface area contributed by atoms with Crippen LogP contribution in [0.3, 0.4) is 0 Å². The fraction of sp³-hybridized carbons (Fsp3) is 0.429. The average molecular weight is 254 g/mol. The van der Waals surface area contributed by atoms with Crippen LogP contribution in [0, 0.1) is 0 Å². The van der Waals surface area contributed by atoms with Crippen molar-refractivity contribution in [3.8, 4) is 5.75 Å². The minimum absolute atomic E-state index is 0.185. The first-order chi connectivity index (χ1) is 8.17. The van der Waals surface area contributed by atoms with Gasteiger partial charge in [-0.3, -0.25) is 0 Å². The zero-order valence-corrected chi connectivity index (χ0v) is 11.2. The van der Waals surface area contributed by atoms with Crippen molar-refractivity contribution in [2.24, 2.45) is 5.73 Å². The predicted molar refractivity (Wildman–Crippen MR) is 73.5 cm³/mol. The van der Waals surface area contributed by atoms with Crippen molar-refractivity contribution in [3.63, 3.8) is 0 Å². The van der Waals surface area contributed by atoms with Crippen molar-refractivity contribution in [1.82, 2.24) is 0 Å². The van der Waals surface area contributed by atoms with E-state index in [0.29, 0.717) is 6.61 Å². The number of nitrogens with two attached hydrogens (primary N) is 1. The van der Waals surface area contributed by atoms with Gasteiger partial charge in [-0.2, -0.15) is 0 Å². The van der Waals surface area contributed by atoms with Crippen LogP contribution in [0.5, 0.6) is 5.75 Å². The van der Waals surface area contributed by atoms with Gasteiger partial charge >= 0.3 is 0 Å². The molecule has 0 spiro atoms. The zero-order chi connectivity index (χ0) is 12.7. The molecule has 1 aromatic carbocycles. The molecule has 1 rings (SSSR count). The highest BCUT2D eigenvalue weighted by atomic mass is 35.5. The molecule has 94 valence electrons. The first kappa shape index (κ1) is 14.1. The molecule has 0 saturated heterocycles. The van der Waals surface area contributed by atoms with Crippen molar-refractivity contribution in [2.45, 2.75) is 32.7 Å². The van der Waals surface area contributed by atoms with Gasteiger partial charge in [0, 0.05) is 11.6 Å². The molecule has 1 unspecified atom stereocenters. The summed E-state index contributed by atoms with van der Waals surface area (Å²) in [5, 5.41) is 0. The molecule has 1 aromatic rings. The molecule has 0 saturated carbocycles. The van der Waals surface area contributed by atoms with E-state index >= 15 is 0 Å². The van der Waals surface area contributed by atoms with Gasteiger partial charge in [-0.15, -0.1) is 0 Å². The van der Waals surface area contributed by atoms with Gasteiger partial charge in [0.1, 0.15) is 12.4 Å². The monoisotopic (exact) mass is 253 g/mol. The van der Waals surface area contributed by atoms with E-state index in [0.717, 1.165) is 29.7 Å². The third-order valence-electron chi connectivity index (χ3n) is 2.62. The van der Waals surface area contributed by atoms with E-state index in [4.69, 9.17) is 22.1 Å². The van der Waals surface area contributed by atoms with Crippen LogP contribution in [0.25, 0.3) is 0 Å². The molecule has 0 fully saturated rings. The van der Waals surface area contributed by atoms with Gasteiger partial charge in [0.25, 0.3) is 0 Å². The third-order valence-corrected chi connectivity index (χ3v) is 2.99. The Kier molecular flexibility index (Phi) is 6.09. The molecule has 0 bridgehead atoms. The molecule has 0 aliphatic heterocycles. The van der Waals surface area contributed by atoms with Gasteiger partial charge < -0.3 is 10.5 Å². The fourth-order valence-electron chi connectivity index (χ4n) is 1.46. The van der Waals surface area contributed by atoms with Crippen LogP contribution in [0.15, 0.2) is 35.4 Å². The molecule has 0 heterocycles. The Morgan fingerprint density at radius 2 is 2.18 bits per heavy atom. The van der Waals surface area contributed by atoms with E-state index in [-0.39, 0.29) is 6.04 Å². The highest BCUT2D eigenvalue weighted by molar-refractivity contribution is 6.25. The first-order valence-electron chi connectivity index (χ1n) is 5.89. The molecule has 0 aromatic heterocycles.